The molecule has 0 fully saturated rings. The van der Waals surface area contributed by atoms with Gasteiger partial charge in [-0.25, -0.2) is 4.98 Å². The second-order valence-corrected chi connectivity index (χ2v) is 4.12. The minimum absolute atomic E-state index is 0.330. The summed E-state index contributed by atoms with van der Waals surface area (Å²) in [6.45, 7) is 0. The molecule has 3 rings (SSSR count). The van der Waals surface area contributed by atoms with Crippen LogP contribution in [0.5, 0.6) is 0 Å². The monoisotopic (exact) mass is 261 g/mol. The van der Waals surface area contributed by atoms with Gasteiger partial charge in [0.05, 0.1) is 6.20 Å². The standard InChI is InChI=1S/C12H8ClN3O2/c13-9-3-1-8(2-4-9)5-11-15-12(18-16-11)10-6-14-7-17-10/h1-4,6-7H,5H2. The molecule has 18 heavy (non-hydrogen) atoms. The number of hydrogen-bond donors (Lipinski definition) is 0. The largest absolute Gasteiger partial charge is 0.438 e. The fourth-order valence-electron chi connectivity index (χ4n) is 1.53. The maximum atomic E-state index is 5.82. The highest BCUT2D eigenvalue weighted by atomic mass is 35.5. The van der Waals surface area contributed by atoms with Crippen LogP contribution in [0.25, 0.3) is 11.7 Å². The third kappa shape index (κ3) is 2.26. The summed E-state index contributed by atoms with van der Waals surface area (Å²) in [5.74, 6) is 1.38. The van der Waals surface area contributed by atoms with Crippen LogP contribution in [0.2, 0.25) is 5.02 Å². The van der Waals surface area contributed by atoms with Crippen molar-refractivity contribution in [1.82, 2.24) is 15.1 Å². The van der Waals surface area contributed by atoms with Gasteiger partial charge in [-0.3, -0.25) is 0 Å². The molecule has 0 bridgehead atoms. The van der Waals surface area contributed by atoms with Crippen molar-refractivity contribution in [3.05, 3.63) is 53.3 Å². The van der Waals surface area contributed by atoms with Gasteiger partial charge in [0.25, 0.3) is 5.89 Å². The van der Waals surface area contributed by atoms with Crippen molar-refractivity contribution in [3.63, 3.8) is 0 Å². The van der Waals surface area contributed by atoms with Crippen molar-refractivity contribution in [2.75, 3.05) is 0 Å². The summed E-state index contributed by atoms with van der Waals surface area (Å²) in [5, 5.41) is 4.59. The normalized spacial score (nSPS) is 10.7. The molecule has 3 aromatic rings. The van der Waals surface area contributed by atoms with E-state index in [0.717, 1.165) is 5.56 Å². The lowest BCUT2D eigenvalue weighted by Crippen LogP contribution is -1.90. The first-order chi connectivity index (χ1) is 8.81. The van der Waals surface area contributed by atoms with Crippen LogP contribution in [0.15, 0.2) is 45.8 Å². The average molecular weight is 262 g/mol. The minimum atomic E-state index is 0.330. The van der Waals surface area contributed by atoms with Crippen molar-refractivity contribution >= 4 is 11.6 Å². The van der Waals surface area contributed by atoms with Crippen molar-refractivity contribution in [1.29, 1.82) is 0 Å². The third-order valence-electron chi connectivity index (χ3n) is 2.39. The molecule has 0 aliphatic carbocycles. The van der Waals surface area contributed by atoms with Crippen LogP contribution in [0.1, 0.15) is 11.4 Å². The van der Waals surface area contributed by atoms with E-state index >= 15 is 0 Å². The fraction of sp³-hybridized carbons (Fsp3) is 0.0833. The van der Waals surface area contributed by atoms with Gasteiger partial charge in [-0.05, 0) is 17.7 Å². The summed E-state index contributed by atoms with van der Waals surface area (Å²) < 4.78 is 10.2. The van der Waals surface area contributed by atoms with E-state index in [1.807, 2.05) is 24.3 Å². The van der Waals surface area contributed by atoms with Crippen LogP contribution < -0.4 is 0 Å². The van der Waals surface area contributed by atoms with Crippen LogP contribution in [-0.2, 0) is 6.42 Å². The number of halogens is 1. The lowest BCUT2D eigenvalue weighted by atomic mass is 10.1. The highest BCUT2D eigenvalue weighted by Gasteiger charge is 2.11. The molecule has 0 saturated carbocycles. The van der Waals surface area contributed by atoms with E-state index < -0.39 is 0 Å². The van der Waals surface area contributed by atoms with E-state index in [1.165, 1.54) is 12.6 Å². The summed E-state index contributed by atoms with van der Waals surface area (Å²) in [5.41, 5.74) is 1.06. The summed E-state index contributed by atoms with van der Waals surface area (Å²) >= 11 is 5.82. The van der Waals surface area contributed by atoms with Crippen LogP contribution >= 0.6 is 11.6 Å². The smallest absolute Gasteiger partial charge is 0.295 e. The molecule has 2 aromatic heterocycles. The minimum Gasteiger partial charge on any atom is -0.438 e. The molecule has 6 heteroatoms. The first kappa shape index (κ1) is 11.0. The second kappa shape index (κ2) is 4.62. The summed E-state index contributed by atoms with van der Waals surface area (Å²) in [6.07, 6.45) is 3.42. The van der Waals surface area contributed by atoms with Crippen molar-refractivity contribution in [2.24, 2.45) is 0 Å². The number of rotatable bonds is 3. The van der Waals surface area contributed by atoms with Crippen LogP contribution in [0, 0.1) is 0 Å². The molecular formula is C12H8ClN3O2. The molecule has 90 valence electrons. The Labute approximate surface area is 107 Å². The van der Waals surface area contributed by atoms with E-state index in [0.29, 0.717) is 28.9 Å². The molecule has 1 aromatic carbocycles. The molecule has 0 atom stereocenters. The predicted octanol–water partition coefficient (Wildman–Crippen LogP) is 2.97. The Hall–Kier alpha value is -2.14. The van der Waals surface area contributed by atoms with Gasteiger partial charge in [-0.15, -0.1) is 0 Å². The number of hydrogen-bond acceptors (Lipinski definition) is 5. The van der Waals surface area contributed by atoms with Crippen molar-refractivity contribution in [3.8, 4) is 11.7 Å². The zero-order valence-corrected chi connectivity index (χ0v) is 9.96. The predicted molar refractivity (Wildman–Crippen MR) is 64.1 cm³/mol. The summed E-state index contributed by atoms with van der Waals surface area (Å²) in [7, 11) is 0. The number of oxazole rings is 1. The Morgan fingerprint density at radius 2 is 2.00 bits per heavy atom. The van der Waals surface area contributed by atoms with Gasteiger partial charge in [0.1, 0.15) is 0 Å². The third-order valence-corrected chi connectivity index (χ3v) is 2.64. The van der Waals surface area contributed by atoms with Gasteiger partial charge >= 0.3 is 0 Å². The van der Waals surface area contributed by atoms with Crippen LogP contribution in [0.4, 0.5) is 0 Å². The first-order valence-electron chi connectivity index (χ1n) is 5.27. The Morgan fingerprint density at radius 1 is 1.17 bits per heavy atom. The maximum Gasteiger partial charge on any atom is 0.295 e. The molecular weight excluding hydrogens is 254 g/mol. The molecule has 0 aliphatic heterocycles. The molecule has 0 amide bonds. The zero-order chi connectivity index (χ0) is 12.4. The molecule has 0 aliphatic rings. The van der Waals surface area contributed by atoms with Crippen LogP contribution in [-0.4, -0.2) is 15.1 Å². The van der Waals surface area contributed by atoms with Gasteiger partial charge in [0.2, 0.25) is 5.76 Å². The molecule has 0 N–H and O–H groups in total. The van der Waals surface area contributed by atoms with Gasteiger partial charge in [-0.1, -0.05) is 28.9 Å². The van der Waals surface area contributed by atoms with Gasteiger partial charge in [0.15, 0.2) is 12.2 Å². The quantitative estimate of drug-likeness (QED) is 0.725. The van der Waals surface area contributed by atoms with Gasteiger partial charge < -0.3 is 8.94 Å². The van der Waals surface area contributed by atoms with Gasteiger partial charge in [-0.2, -0.15) is 4.98 Å². The highest BCUT2D eigenvalue weighted by molar-refractivity contribution is 6.30. The Balaban J connectivity index is 1.80. The number of aromatic nitrogens is 3. The molecule has 0 spiro atoms. The molecule has 5 nitrogen and oxygen atoms in total. The summed E-state index contributed by atoms with van der Waals surface area (Å²) in [4.78, 5) is 8.02. The van der Waals surface area contributed by atoms with E-state index in [2.05, 4.69) is 15.1 Å². The Bertz CT molecular complexity index is 632. The molecule has 0 unspecified atom stereocenters. The van der Waals surface area contributed by atoms with E-state index in [4.69, 9.17) is 20.5 Å². The zero-order valence-electron chi connectivity index (χ0n) is 9.21. The lowest BCUT2D eigenvalue weighted by Gasteiger charge is -1.95. The summed E-state index contributed by atoms with van der Waals surface area (Å²) in [6, 6.07) is 7.50. The van der Waals surface area contributed by atoms with Crippen LogP contribution in [0.3, 0.4) is 0 Å². The Morgan fingerprint density at radius 3 is 2.72 bits per heavy atom. The second-order valence-electron chi connectivity index (χ2n) is 3.68. The maximum absolute atomic E-state index is 5.82. The lowest BCUT2D eigenvalue weighted by molar-refractivity contribution is 0.410. The SMILES string of the molecule is Clc1ccc(Cc2noc(-c3cnco3)n2)cc1. The molecule has 0 radical (unpaired) electrons. The number of benzene rings is 1. The highest BCUT2D eigenvalue weighted by Crippen LogP contribution is 2.17. The van der Waals surface area contributed by atoms with E-state index in [-0.39, 0.29) is 0 Å². The average Bonchev–Trinajstić information content (AvgIpc) is 3.02. The van der Waals surface area contributed by atoms with Gasteiger partial charge in [0, 0.05) is 11.4 Å². The topological polar surface area (TPSA) is 65.0 Å². The fourth-order valence-corrected chi connectivity index (χ4v) is 1.66. The first-order valence-corrected chi connectivity index (χ1v) is 5.65. The van der Waals surface area contributed by atoms with E-state index in [9.17, 15) is 0 Å². The molecule has 2 heterocycles. The number of nitrogens with zero attached hydrogens (tertiary/aromatic N) is 3. The molecule has 0 saturated heterocycles. The van der Waals surface area contributed by atoms with E-state index in [1.54, 1.807) is 0 Å². The Kier molecular flexibility index (Phi) is 2.82. The van der Waals surface area contributed by atoms with Crippen molar-refractivity contribution < 1.29 is 8.94 Å². The van der Waals surface area contributed by atoms with Crippen molar-refractivity contribution in [2.45, 2.75) is 6.42 Å².